The molecule has 4 heterocycles. The maximum Gasteiger partial charge on any atom is 0.338 e. The highest BCUT2D eigenvalue weighted by Gasteiger charge is 2.61. The van der Waals surface area contributed by atoms with Crippen LogP contribution in [-0.2, 0) is 94.7 Å². The molecule has 20 atom stereocenters. The second kappa shape index (κ2) is 50.3. The van der Waals surface area contributed by atoms with Crippen molar-refractivity contribution in [3.63, 3.8) is 0 Å². The van der Waals surface area contributed by atoms with Crippen LogP contribution in [0.15, 0.2) is 369 Å². The molecule has 1 N–H and O–H groups in total. The first kappa shape index (κ1) is 102. The molecule has 4 aliphatic heterocycles. The van der Waals surface area contributed by atoms with Crippen LogP contribution in [0.25, 0.3) is 10.4 Å². The van der Waals surface area contributed by atoms with Crippen LogP contribution in [-0.4, -0.2) is 239 Å². The maximum atomic E-state index is 15.5. The van der Waals surface area contributed by atoms with E-state index in [1.54, 1.807) is 84.9 Å². The number of esters is 12. The molecule has 12 aromatic rings. The number of hydrogen-bond donors (Lipinski definition) is 1. The molecule has 5 unspecified atom stereocenters. The highest BCUT2D eigenvalue weighted by Crippen LogP contribution is 2.40. The zero-order valence-corrected chi connectivity index (χ0v) is 77.3. The van der Waals surface area contributed by atoms with E-state index in [-0.39, 0.29) is 66.8 Å². The average Bonchev–Trinajstić information content (AvgIpc) is 0.768. The number of ether oxygens (including phenoxy) is 20. The second-order valence-corrected chi connectivity index (χ2v) is 33.0. The summed E-state index contributed by atoms with van der Waals surface area (Å²) in [7, 11) is 0. The lowest BCUT2D eigenvalue weighted by atomic mass is 9.96. The average molecular weight is 1980 g/mol. The Morgan fingerprint density at radius 2 is 0.356 bits per heavy atom. The summed E-state index contributed by atoms with van der Waals surface area (Å²) in [4.78, 5) is 184. The van der Waals surface area contributed by atoms with Gasteiger partial charge in [0, 0.05) is 11.5 Å². The molecule has 36 nitrogen and oxygen atoms in total. The van der Waals surface area contributed by atoms with E-state index in [2.05, 4.69) is 10.0 Å². The predicted molar refractivity (Wildman–Crippen MR) is 507 cm³/mol. The van der Waals surface area contributed by atoms with E-state index in [4.69, 9.17) is 94.7 Å². The van der Waals surface area contributed by atoms with Crippen LogP contribution in [0.3, 0.4) is 0 Å². The Kier molecular flexibility index (Phi) is 35.2. The molecule has 4 saturated heterocycles. The number of rotatable bonds is 38. The minimum atomic E-state index is -2.33. The number of aliphatic hydroxyl groups excluding tert-OH is 1. The lowest BCUT2D eigenvalue weighted by Crippen LogP contribution is -2.66. The zero-order valence-electron chi connectivity index (χ0n) is 77.3. The highest BCUT2D eigenvalue weighted by molar-refractivity contribution is 5.96. The number of nitrogens with zero attached hydrogens (tertiary/aromatic N) is 3. The monoisotopic (exact) mass is 1980 g/mol. The van der Waals surface area contributed by atoms with Crippen LogP contribution in [0.5, 0.6) is 0 Å². The summed E-state index contributed by atoms with van der Waals surface area (Å²) in [5.74, 6) is -13.5. The summed E-state index contributed by atoms with van der Waals surface area (Å²) in [6, 6.07) is 88.9. The van der Waals surface area contributed by atoms with Crippen molar-refractivity contribution in [2.75, 3.05) is 39.6 Å². The maximum absolute atomic E-state index is 15.5. The molecule has 0 saturated carbocycles. The molecule has 4 aliphatic rings. The first-order chi connectivity index (χ1) is 71.3. The Morgan fingerprint density at radius 3 is 0.521 bits per heavy atom. The van der Waals surface area contributed by atoms with Crippen LogP contribution in [0, 0.1) is 0 Å². The molecular weight excluding hydrogens is 1890 g/mol. The standard InChI is InChI=1S/C110H93N3O33/c111-113-112-61-62-127-107-91(143-103(123)75-53-29-9-30-54-75)88(140-100(120)72-47-23-6-24-48-72)84(136-96(116)68-39-15-2-16-40-68)80(132-107)64-129-109-93(145-105(125)77-57-33-11-34-58-77)90(142-102(122)74-51-27-8-28-52-74)86(138-98(118)70-43-19-4-20-44-70)82(134-109)66-130-110-94(146-106(126)78-59-35-12-36-60-78)89(141-101(121)73-49-25-7-26-50-73)85(137-97(117)69-41-17-3-18-42-69)81(133-110)65-128-108-92(144-104(124)76-55-31-10-32-56-76)87(139-99(119)71-45-21-5-22-46-71)83(79(63-114)131-108)135-95(115)67-37-13-1-14-38-67/h1-60,79-94,107-110,114H,61-66H2/t79?,80?,81?,82?,83-,84-,85-,86-,87+,88+,89+,90+,91-,92-,93-,94-,107-,108-,109?,110-/m1/s1. The Balaban J connectivity index is 0.849. The van der Waals surface area contributed by atoms with Gasteiger partial charge in [0.05, 0.1) is 99.8 Å². The van der Waals surface area contributed by atoms with Gasteiger partial charge < -0.3 is 99.8 Å². The van der Waals surface area contributed by atoms with Crippen molar-refractivity contribution >= 4 is 71.6 Å². The van der Waals surface area contributed by atoms with Crippen molar-refractivity contribution in [1.82, 2.24) is 0 Å². The lowest BCUT2D eigenvalue weighted by Gasteiger charge is -2.47. The van der Waals surface area contributed by atoms with Gasteiger partial charge in [0.15, 0.2) is 98.4 Å². The molecule has 36 heteroatoms. The minimum absolute atomic E-state index is 0.0237. The van der Waals surface area contributed by atoms with Crippen molar-refractivity contribution in [3.8, 4) is 0 Å². The fourth-order valence-corrected chi connectivity index (χ4v) is 16.2. The van der Waals surface area contributed by atoms with Gasteiger partial charge in [0.2, 0.25) is 0 Å². The largest absolute Gasteiger partial charge is 0.452 e. The fraction of sp³-hybridized carbons (Fsp3) is 0.236. The van der Waals surface area contributed by atoms with Gasteiger partial charge in [0.1, 0.15) is 24.4 Å². The molecule has 0 aromatic heterocycles. The van der Waals surface area contributed by atoms with E-state index in [9.17, 15) is 34.6 Å². The van der Waals surface area contributed by atoms with Gasteiger partial charge in [-0.05, 0) is 151 Å². The van der Waals surface area contributed by atoms with Gasteiger partial charge in [-0.15, -0.1) is 0 Å². The normalized spacial score (nSPS) is 23.5. The summed E-state index contributed by atoms with van der Waals surface area (Å²) >= 11 is 0. The van der Waals surface area contributed by atoms with Gasteiger partial charge in [-0.3, -0.25) is 0 Å². The first-order valence-corrected chi connectivity index (χ1v) is 46.1. The molecule has 146 heavy (non-hydrogen) atoms. The highest BCUT2D eigenvalue weighted by atomic mass is 16.8. The third-order valence-corrected chi connectivity index (χ3v) is 23.4. The Labute approximate surface area is 833 Å². The van der Waals surface area contributed by atoms with Gasteiger partial charge in [-0.1, -0.05) is 224 Å². The van der Waals surface area contributed by atoms with Crippen molar-refractivity contribution in [2.24, 2.45) is 5.11 Å². The number of azide groups is 1. The number of carbonyl (C=O) groups is 12. The SMILES string of the molecule is [N-]=[N+]=NCCO[C@@H]1OC(COC2OC(CO[C@@H]3OC(CO[C@@H]4OC(CO)[C@@H](OC(=O)c5ccccc5)[C@H](OC(=O)c5ccccc5)[C@H]4OC(=O)c4ccccc4)[C@@H](OC(=O)c4ccccc4)[C@H](OC(=O)c4ccccc4)[C@H]3OC(=O)c3ccccc3)[C@@H](OC(=O)c3ccccc3)[C@H](OC(=O)c3ccccc3)[C@H]2OC(=O)c2ccccc2)[C@@H](OC(=O)c2ccccc2)[C@H](OC(=O)c2ccccc2)[C@H]1OC(=O)c1ccccc1. The number of carbonyl (C=O) groups excluding carboxylic acids is 12. The second-order valence-electron chi connectivity index (χ2n) is 33.0. The van der Waals surface area contributed by atoms with E-state index in [1.807, 2.05) is 0 Å². The number of benzene rings is 12. The van der Waals surface area contributed by atoms with Crippen LogP contribution in [0.2, 0.25) is 0 Å². The molecule has 12 aromatic carbocycles. The van der Waals surface area contributed by atoms with Crippen molar-refractivity contribution < 1.29 is 157 Å². The topological polar surface area (TPSA) is 458 Å². The molecule has 0 radical (unpaired) electrons. The van der Waals surface area contributed by atoms with Gasteiger partial charge in [-0.2, -0.15) is 0 Å². The summed E-state index contributed by atoms with van der Waals surface area (Å²) in [6.07, 6.45) is -41.7. The van der Waals surface area contributed by atoms with Crippen molar-refractivity contribution in [2.45, 2.75) is 123 Å². The van der Waals surface area contributed by atoms with E-state index < -0.39 is 234 Å². The van der Waals surface area contributed by atoms with Crippen molar-refractivity contribution in [1.29, 1.82) is 0 Å². The molecule has 746 valence electrons. The summed E-state index contributed by atoms with van der Waals surface area (Å²) in [5.41, 5.74) is 8.29. The predicted octanol–water partition coefficient (Wildman–Crippen LogP) is 14.0. The fourth-order valence-electron chi connectivity index (χ4n) is 16.2. The van der Waals surface area contributed by atoms with E-state index in [0.29, 0.717) is 0 Å². The molecule has 16 rings (SSSR count). The van der Waals surface area contributed by atoms with Crippen LogP contribution >= 0.6 is 0 Å². The van der Waals surface area contributed by atoms with Gasteiger partial charge >= 0.3 is 71.6 Å². The number of aliphatic hydroxyl groups is 1. The summed E-state index contributed by atoms with van der Waals surface area (Å²) < 4.78 is 132. The van der Waals surface area contributed by atoms with Gasteiger partial charge in [-0.25, -0.2) is 57.5 Å². The molecular formula is C110H93N3O33. The molecule has 0 aliphatic carbocycles. The van der Waals surface area contributed by atoms with E-state index in [0.717, 1.165) is 0 Å². The van der Waals surface area contributed by atoms with Gasteiger partial charge in [0.25, 0.3) is 0 Å². The first-order valence-electron chi connectivity index (χ1n) is 46.1. The van der Waals surface area contributed by atoms with Crippen LogP contribution < -0.4 is 0 Å². The molecule has 0 bridgehead atoms. The summed E-state index contributed by atoms with van der Waals surface area (Å²) in [5, 5.41) is 15.2. The molecule has 0 amide bonds. The van der Waals surface area contributed by atoms with Crippen LogP contribution in [0.4, 0.5) is 0 Å². The third-order valence-electron chi connectivity index (χ3n) is 23.4. The summed E-state index contributed by atoms with van der Waals surface area (Å²) in [6.45, 7) is -5.22. The quantitative estimate of drug-likeness (QED) is 0.00937. The Morgan fingerprint density at radius 1 is 0.212 bits per heavy atom. The zero-order chi connectivity index (χ0) is 102. The van der Waals surface area contributed by atoms with E-state index in [1.165, 1.54) is 279 Å². The van der Waals surface area contributed by atoms with Crippen molar-refractivity contribution in [3.05, 3.63) is 441 Å². The van der Waals surface area contributed by atoms with E-state index >= 15 is 33.6 Å². The Bertz CT molecular complexity index is 6460. The minimum Gasteiger partial charge on any atom is -0.452 e. The lowest BCUT2D eigenvalue weighted by molar-refractivity contribution is -0.344. The third kappa shape index (κ3) is 26.2. The smallest absolute Gasteiger partial charge is 0.338 e. The number of hydrogen-bond acceptors (Lipinski definition) is 34. The van der Waals surface area contributed by atoms with Crippen LogP contribution in [0.1, 0.15) is 124 Å². The molecule has 4 fully saturated rings. The molecule has 0 spiro atoms. The Hall–Kier alpha value is -16.8.